The van der Waals surface area contributed by atoms with E-state index in [1.807, 2.05) is 18.2 Å². The molecule has 3 nitrogen and oxygen atoms in total. The normalized spacial score (nSPS) is 11.0. The standard InChI is InChI=1S/C16H16FN3S3/c1-2-20-15(14-4-3-9-22-14)18-19-16(20)23-11-10-21-13-7-5-12(17)6-8-13/h3-9H,2,10-11H2,1H3. The fourth-order valence-electron chi connectivity index (χ4n) is 2.09. The number of halogens is 1. The molecule has 0 bridgehead atoms. The molecule has 0 aliphatic heterocycles. The van der Waals surface area contributed by atoms with Crippen molar-refractivity contribution in [1.29, 1.82) is 0 Å². The Morgan fingerprint density at radius 1 is 1.09 bits per heavy atom. The van der Waals surface area contributed by atoms with Gasteiger partial charge in [-0.1, -0.05) is 17.8 Å². The topological polar surface area (TPSA) is 30.7 Å². The summed E-state index contributed by atoms with van der Waals surface area (Å²) < 4.78 is 15.0. The second-order valence-corrected chi connectivity index (χ2v) is 7.86. The van der Waals surface area contributed by atoms with Gasteiger partial charge in [-0.2, -0.15) is 0 Å². The van der Waals surface area contributed by atoms with Gasteiger partial charge < -0.3 is 4.57 Å². The minimum atomic E-state index is -0.194. The maximum Gasteiger partial charge on any atom is 0.191 e. The van der Waals surface area contributed by atoms with Crippen molar-refractivity contribution in [3.63, 3.8) is 0 Å². The zero-order valence-electron chi connectivity index (χ0n) is 12.6. The predicted octanol–water partition coefficient (Wildman–Crippen LogP) is 5.05. The molecule has 0 unspecified atom stereocenters. The first-order valence-corrected chi connectivity index (χ1v) is 10.1. The molecule has 0 aliphatic rings. The Balaban J connectivity index is 1.57. The van der Waals surface area contributed by atoms with E-state index < -0.39 is 0 Å². The Kier molecular flexibility index (Phi) is 5.75. The molecule has 23 heavy (non-hydrogen) atoms. The summed E-state index contributed by atoms with van der Waals surface area (Å²) in [5.74, 6) is 2.63. The highest BCUT2D eigenvalue weighted by atomic mass is 32.2. The van der Waals surface area contributed by atoms with Gasteiger partial charge in [0.15, 0.2) is 11.0 Å². The van der Waals surface area contributed by atoms with Crippen LogP contribution in [0.3, 0.4) is 0 Å². The number of nitrogens with zero attached hydrogens (tertiary/aromatic N) is 3. The summed E-state index contributed by atoms with van der Waals surface area (Å²) in [5.41, 5.74) is 0. The third-order valence-electron chi connectivity index (χ3n) is 3.17. The lowest BCUT2D eigenvalue weighted by Crippen LogP contribution is -1.99. The van der Waals surface area contributed by atoms with Gasteiger partial charge in [-0.25, -0.2) is 4.39 Å². The van der Waals surface area contributed by atoms with Crippen molar-refractivity contribution in [2.24, 2.45) is 0 Å². The predicted molar refractivity (Wildman–Crippen MR) is 96.9 cm³/mol. The lowest BCUT2D eigenvalue weighted by Gasteiger charge is -2.06. The molecular formula is C16H16FN3S3. The fraction of sp³-hybridized carbons (Fsp3) is 0.250. The van der Waals surface area contributed by atoms with Crippen molar-refractivity contribution in [2.75, 3.05) is 11.5 Å². The average Bonchev–Trinajstić information content (AvgIpc) is 3.22. The smallest absolute Gasteiger partial charge is 0.191 e. The molecule has 2 aromatic heterocycles. The maximum absolute atomic E-state index is 12.9. The second kappa shape index (κ2) is 7.99. The molecule has 0 N–H and O–H groups in total. The van der Waals surface area contributed by atoms with Gasteiger partial charge >= 0.3 is 0 Å². The first kappa shape index (κ1) is 16.5. The van der Waals surface area contributed by atoms with Crippen LogP contribution in [0.2, 0.25) is 0 Å². The first-order valence-electron chi connectivity index (χ1n) is 7.26. The molecule has 0 spiro atoms. The van der Waals surface area contributed by atoms with Gasteiger partial charge in [0.2, 0.25) is 0 Å². The molecule has 0 aliphatic carbocycles. The molecule has 0 saturated heterocycles. The zero-order valence-corrected chi connectivity index (χ0v) is 15.1. The molecule has 3 rings (SSSR count). The summed E-state index contributed by atoms with van der Waals surface area (Å²) in [6.07, 6.45) is 0. The van der Waals surface area contributed by atoms with E-state index in [1.165, 1.54) is 12.1 Å². The monoisotopic (exact) mass is 365 g/mol. The van der Waals surface area contributed by atoms with Crippen LogP contribution < -0.4 is 0 Å². The molecule has 7 heteroatoms. The van der Waals surface area contributed by atoms with Crippen LogP contribution in [0.5, 0.6) is 0 Å². The van der Waals surface area contributed by atoms with Gasteiger partial charge in [-0.05, 0) is 42.6 Å². The van der Waals surface area contributed by atoms with E-state index in [0.29, 0.717) is 0 Å². The van der Waals surface area contributed by atoms with Crippen molar-refractivity contribution in [2.45, 2.75) is 23.5 Å². The molecule has 0 amide bonds. The summed E-state index contributed by atoms with van der Waals surface area (Å²) >= 11 is 5.11. The van der Waals surface area contributed by atoms with E-state index in [-0.39, 0.29) is 5.82 Å². The second-order valence-electron chi connectivity index (χ2n) is 4.68. The van der Waals surface area contributed by atoms with Crippen LogP contribution in [0.4, 0.5) is 4.39 Å². The van der Waals surface area contributed by atoms with E-state index in [1.54, 1.807) is 34.9 Å². The van der Waals surface area contributed by atoms with Crippen LogP contribution in [0.25, 0.3) is 10.7 Å². The molecule has 0 fully saturated rings. The van der Waals surface area contributed by atoms with Crippen molar-refractivity contribution < 1.29 is 4.39 Å². The molecule has 0 radical (unpaired) electrons. The lowest BCUT2D eigenvalue weighted by atomic mass is 10.4. The maximum atomic E-state index is 12.9. The highest BCUT2D eigenvalue weighted by molar-refractivity contribution is 8.02. The molecule has 0 saturated carbocycles. The number of benzene rings is 1. The van der Waals surface area contributed by atoms with Crippen molar-refractivity contribution in [1.82, 2.24) is 14.8 Å². The van der Waals surface area contributed by atoms with Crippen molar-refractivity contribution >= 4 is 34.9 Å². The third-order valence-corrected chi connectivity index (χ3v) is 6.28. The molecule has 3 aromatic rings. The van der Waals surface area contributed by atoms with Crippen LogP contribution in [0.1, 0.15) is 6.92 Å². The summed E-state index contributed by atoms with van der Waals surface area (Å²) in [6.45, 7) is 2.96. The Morgan fingerprint density at radius 3 is 2.57 bits per heavy atom. The number of rotatable bonds is 7. The number of hydrogen-bond acceptors (Lipinski definition) is 5. The van der Waals surface area contributed by atoms with Gasteiger partial charge in [0.1, 0.15) is 5.82 Å². The Hall–Kier alpha value is -1.31. The fourth-order valence-corrected chi connectivity index (χ4v) is 4.69. The summed E-state index contributed by atoms with van der Waals surface area (Å²) in [7, 11) is 0. The molecular weight excluding hydrogens is 349 g/mol. The van der Waals surface area contributed by atoms with Crippen LogP contribution in [0.15, 0.2) is 51.8 Å². The molecule has 1 aromatic carbocycles. The summed E-state index contributed by atoms with van der Waals surface area (Å²) in [6, 6.07) is 10.7. The number of aromatic nitrogens is 3. The van der Waals surface area contributed by atoms with Crippen LogP contribution in [0, 0.1) is 5.82 Å². The van der Waals surface area contributed by atoms with E-state index in [9.17, 15) is 4.39 Å². The number of hydrogen-bond donors (Lipinski definition) is 0. The quantitative estimate of drug-likeness (QED) is 0.433. The molecule has 120 valence electrons. The van der Waals surface area contributed by atoms with Crippen LogP contribution in [-0.4, -0.2) is 26.3 Å². The van der Waals surface area contributed by atoms with E-state index in [4.69, 9.17) is 0 Å². The minimum Gasteiger partial charge on any atom is -0.302 e. The summed E-state index contributed by atoms with van der Waals surface area (Å²) in [5, 5.41) is 11.7. The Bertz CT molecular complexity index is 739. The van der Waals surface area contributed by atoms with E-state index >= 15 is 0 Å². The SMILES string of the molecule is CCn1c(SCCSc2ccc(F)cc2)nnc1-c1cccs1. The Labute approximate surface area is 147 Å². The highest BCUT2D eigenvalue weighted by Gasteiger charge is 2.13. The largest absolute Gasteiger partial charge is 0.302 e. The highest BCUT2D eigenvalue weighted by Crippen LogP contribution is 2.28. The van der Waals surface area contributed by atoms with Crippen LogP contribution in [-0.2, 0) is 6.54 Å². The first-order chi connectivity index (χ1) is 11.3. The van der Waals surface area contributed by atoms with Gasteiger partial charge in [0.25, 0.3) is 0 Å². The summed E-state index contributed by atoms with van der Waals surface area (Å²) in [4.78, 5) is 2.23. The van der Waals surface area contributed by atoms with Crippen molar-refractivity contribution in [3.8, 4) is 10.7 Å². The number of thioether (sulfide) groups is 2. The van der Waals surface area contributed by atoms with Crippen molar-refractivity contribution in [3.05, 3.63) is 47.6 Å². The van der Waals surface area contributed by atoms with Gasteiger partial charge in [-0.3, -0.25) is 0 Å². The van der Waals surface area contributed by atoms with E-state index in [0.717, 1.165) is 38.8 Å². The lowest BCUT2D eigenvalue weighted by molar-refractivity contribution is 0.626. The Morgan fingerprint density at radius 2 is 1.87 bits per heavy atom. The molecule has 0 atom stereocenters. The van der Waals surface area contributed by atoms with Crippen LogP contribution >= 0.6 is 34.9 Å². The van der Waals surface area contributed by atoms with E-state index in [2.05, 4.69) is 33.1 Å². The van der Waals surface area contributed by atoms with Gasteiger partial charge in [-0.15, -0.1) is 33.3 Å². The number of thiophene rings is 1. The van der Waals surface area contributed by atoms with Gasteiger partial charge in [0, 0.05) is 22.9 Å². The minimum absolute atomic E-state index is 0.194. The average molecular weight is 366 g/mol. The zero-order chi connectivity index (χ0) is 16.1. The molecule has 2 heterocycles. The van der Waals surface area contributed by atoms with Gasteiger partial charge in [0.05, 0.1) is 4.88 Å². The third kappa shape index (κ3) is 4.16.